The van der Waals surface area contributed by atoms with Gasteiger partial charge in [0.25, 0.3) is 5.56 Å². The van der Waals surface area contributed by atoms with Crippen LogP contribution in [-0.2, 0) is 0 Å². The standard InChI is InChI=1S/C16H22N4O/c1-10-5-3-2-4-6-13(10)20-15-8-14-11(7-12(15)17)16(21)19-9-18-14/h7-10,13,20H,2-6,17H2,1H3,(H,18,19,21). The van der Waals surface area contributed by atoms with Crippen molar-refractivity contribution in [3.63, 3.8) is 0 Å². The summed E-state index contributed by atoms with van der Waals surface area (Å²) in [6.07, 6.45) is 7.73. The van der Waals surface area contributed by atoms with E-state index in [1.807, 2.05) is 6.07 Å². The number of nitrogens with one attached hydrogen (secondary N) is 2. The van der Waals surface area contributed by atoms with Crippen molar-refractivity contribution in [2.45, 2.75) is 45.1 Å². The number of H-pyrrole nitrogens is 1. The molecule has 0 spiro atoms. The molecule has 5 heteroatoms. The number of hydrogen-bond acceptors (Lipinski definition) is 4. The molecule has 1 aromatic carbocycles. The van der Waals surface area contributed by atoms with Gasteiger partial charge in [0.15, 0.2) is 0 Å². The minimum atomic E-state index is -0.152. The Hall–Kier alpha value is -2.04. The molecular weight excluding hydrogens is 264 g/mol. The number of aromatic amines is 1. The average Bonchev–Trinajstić information content (AvgIpc) is 2.66. The van der Waals surface area contributed by atoms with Gasteiger partial charge in [0, 0.05) is 6.04 Å². The lowest BCUT2D eigenvalue weighted by molar-refractivity contribution is 0.457. The Bertz CT molecular complexity index is 694. The third-order valence-corrected chi connectivity index (χ3v) is 4.51. The third-order valence-electron chi connectivity index (χ3n) is 4.51. The number of nitrogen functional groups attached to an aromatic ring is 1. The van der Waals surface area contributed by atoms with Crippen molar-refractivity contribution in [2.75, 3.05) is 11.1 Å². The molecule has 112 valence electrons. The van der Waals surface area contributed by atoms with Crippen molar-refractivity contribution in [2.24, 2.45) is 5.92 Å². The molecule has 0 amide bonds. The highest BCUT2D eigenvalue weighted by Gasteiger charge is 2.20. The number of nitrogens with zero attached hydrogens (tertiary/aromatic N) is 1. The Morgan fingerprint density at radius 3 is 2.95 bits per heavy atom. The van der Waals surface area contributed by atoms with Gasteiger partial charge in [0.05, 0.1) is 28.6 Å². The van der Waals surface area contributed by atoms with Gasteiger partial charge in [0.1, 0.15) is 0 Å². The topological polar surface area (TPSA) is 83.8 Å². The average molecular weight is 286 g/mol. The molecule has 2 unspecified atom stereocenters. The summed E-state index contributed by atoms with van der Waals surface area (Å²) in [5.74, 6) is 0.634. The smallest absolute Gasteiger partial charge is 0.258 e. The van der Waals surface area contributed by atoms with Crippen LogP contribution in [0.2, 0.25) is 0 Å². The van der Waals surface area contributed by atoms with Gasteiger partial charge >= 0.3 is 0 Å². The van der Waals surface area contributed by atoms with Crippen LogP contribution in [-0.4, -0.2) is 16.0 Å². The minimum absolute atomic E-state index is 0.152. The Morgan fingerprint density at radius 1 is 1.29 bits per heavy atom. The molecule has 3 rings (SSSR count). The summed E-state index contributed by atoms with van der Waals surface area (Å²) in [5.41, 5.74) is 8.14. The van der Waals surface area contributed by atoms with Crippen molar-refractivity contribution < 1.29 is 0 Å². The summed E-state index contributed by atoms with van der Waals surface area (Å²) in [6, 6.07) is 4.04. The number of nitrogens with two attached hydrogens (primary N) is 1. The van der Waals surface area contributed by atoms with Gasteiger partial charge < -0.3 is 16.0 Å². The van der Waals surface area contributed by atoms with Crippen LogP contribution in [0, 0.1) is 5.92 Å². The van der Waals surface area contributed by atoms with Crippen molar-refractivity contribution in [1.82, 2.24) is 9.97 Å². The first-order chi connectivity index (χ1) is 10.1. The van der Waals surface area contributed by atoms with E-state index in [1.54, 1.807) is 6.07 Å². The SMILES string of the molecule is CC1CCCCCC1Nc1cc2nc[nH]c(=O)c2cc1N. The van der Waals surface area contributed by atoms with E-state index in [-0.39, 0.29) is 5.56 Å². The number of rotatable bonds is 2. The first kappa shape index (κ1) is 13.9. The molecule has 1 saturated carbocycles. The normalized spacial score (nSPS) is 22.9. The van der Waals surface area contributed by atoms with Crippen molar-refractivity contribution in [3.8, 4) is 0 Å². The highest BCUT2D eigenvalue weighted by Crippen LogP contribution is 2.29. The van der Waals surface area contributed by atoms with Gasteiger partial charge in [-0.05, 0) is 30.9 Å². The maximum Gasteiger partial charge on any atom is 0.258 e. The van der Waals surface area contributed by atoms with Crippen molar-refractivity contribution in [3.05, 3.63) is 28.8 Å². The maximum atomic E-state index is 11.8. The molecule has 1 aliphatic carbocycles. The number of anilines is 2. The molecule has 5 nitrogen and oxygen atoms in total. The van der Waals surface area contributed by atoms with Crippen LogP contribution in [0.3, 0.4) is 0 Å². The molecule has 0 bridgehead atoms. The fourth-order valence-corrected chi connectivity index (χ4v) is 3.16. The molecule has 0 aliphatic heterocycles. The Balaban J connectivity index is 1.93. The highest BCUT2D eigenvalue weighted by molar-refractivity contribution is 5.88. The Labute approximate surface area is 124 Å². The lowest BCUT2D eigenvalue weighted by atomic mass is 9.96. The van der Waals surface area contributed by atoms with E-state index in [2.05, 4.69) is 22.2 Å². The van der Waals surface area contributed by atoms with E-state index in [4.69, 9.17) is 5.73 Å². The number of fused-ring (bicyclic) bond motifs is 1. The van der Waals surface area contributed by atoms with E-state index in [1.165, 1.54) is 38.4 Å². The van der Waals surface area contributed by atoms with E-state index in [0.29, 0.717) is 28.6 Å². The van der Waals surface area contributed by atoms with Gasteiger partial charge in [-0.3, -0.25) is 4.79 Å². The zero-order chi connectivity index (χ0) is 14.8. The van der Waals surface area contributed by atoms with Crippen LogP contribution in [0.4, 0.5) is 11.4 Å². The quantitative estimate of drug-likeness (QED) is 0.585. The molecule has 1 fully saturated rings. The number of benzene rings is 1. The summed E-state index contributed by atoms with van der Waals surface area (Å²) >= 11 is 0. The number of aromatic nitrogens is 2. The molecule has 1 aliphatic rings. The molecule has 0 saturated heterocycles. The van der Waals surface area contributed by atoms with Gasteiger partial charge in [-0.1, -0.05) is 26.2 Å². The van der Waals surface area contributed by atoms with E-state index in [0.717, 1.165) is 5.69 Å². The molecular formula is C16H22N4O. The van der Waals surface area contributed by atoms with Crippen LogP contribution in [0.5, 0.6) is 0 Å². The first-order valence-electron chi connectivity index (χ1n) is 7.68. The predicted molar refractivity (Wildman–Crippen MR) is 86.4 cm³/mol. The van der Waals surface area contributed by atoms with Crippen LogP contribution in [0.15, 0.2) is 23.3 Å². The second kappa shape index (κ2) is 5.76. The molecule has 1 aromatic heterocycles. The van der Waals surface area contributed by atoms with E-state index >= 15 is 0 Å². The first-order valence-corrected chi connectivity index (χ1v) is 7.68. The zero-order valence-corrected chi connectivity index (χ0v) is 12.4. The van der Waals surface area contributed by atoms with Crippen LogP contribution >= 0.6 is 0 Å². The summed E-state index contributed by atoms with van der Waals surface area (Å²) in [5, 5.41) is 4.11. The molecule has 4 N–H and O–H groups in total. The highest BCUT2D eigenvalue weighted by atomic mass is 16.1. The lowest BCUT2D eigenvalue weighted by Crippen LogP contribution is -2.26. The van der Waals surface area contributed by atoms with E-state index in [9.17, 15) is 4.79 Å². The number of hydrogen-bond donors (Lipinski definition) is 3. The van der Waals surface area contributed by atoms with Gasteiger partial charge in [-0.25, -0.2) is 4.98 Å². The lowest BCUT2D eigenvalue weighted by Gasteiger charge is -2.25. The largest absolute Gasteiger partial charge is 0.397 e. The van der Waals surface area contributed by atoms with Gasteiger partial charge in [-0.15, -0.1) is 0 Å². The fourth-order valence-electron chi connectivity index (χ4n) is 3.16. The Kier molecular flexibility index (Phi) is 3.82. The second-order valence-electron chi connectivity index (χ2n) is 6.05. The zero-order valence-electron chi connectivity index (χ0n) is 12.4. The second-order valence-corrected chi connectivity index (χ2v) is 6.05. The van der Waals surface area contributed by atoms with E-state index < -0.39 is 0 Å². The molecule has 0 radical (unpaired) electrons. The molecule has 2 atom stereocenters. The fraction of sp³-hybridized carbons (Fsp3) is 0.500. The summed E-state index contributed by atoms with van der Waals surface area (Å²) < 4.78 is 0. The predicted octanol–water partition coefficient (Wildman–Crippen LogP) is 2.89. The van der Waals surface area contributed by atoms with Crippen LogP contribution in [0.25, 0.3) is 10.9 Å². The van der Waals surface area contributed by atoms with Gasteiger partial charge in [0.2, 0.25) is 0 Å². The summed E-state index contributed by atoms with van der Waals surface area (Å²) in [7, 11) is 0. The van der Waals surface area contributed by atoms with Crippen LogP contribution < -0.4 is 16.6 Å². The summed E-state index contributed by atoms with van der Waals surface area (Å²) in [6.45, 7) is 2.29. The minimum Gasteiger partial charge on any atom is -0.397 e. The molecule has 1 heterocycles. The summed E-state index contributed by atoms with van der Waals surface area (Å²) in [4.78, 5) is 18.6. The molecule has 2 aromatic rings. The van der Waals surface area contributed by atoms with Crippen LogP contribution in [0.1, 0.15) is 39.0 Å². The van der Waals surface area contributed by atoms with Gasteiger partial charge in [-0.2, -0.15) is 0 Å². The molecule has 21 heavy (non-hydrogen) atoms. The third kappa shape index (κ3) is 2.86. The van der Waals surface area contributed by atoms with Crippen molar-refractivity contribution in [1.29, 1.82) is 0 Å². The Morgan fingerprint density at radius 2 is 2.10 bits per heavy atom. The van der Waals surface area contributed by atoms with Crippen molar-refractivity contribution >= 4 is 22.3 Å². The monoisotopic (exact) mass is 286 g/mol. The maximum absolute atomic E-state index is 11.8.